The molecule has 0 unspecified atom stereocenters. The Morgan fingerprint density at radius 2 is 1.19 bits per heavy atom. The second-order valence-corrected chi connectivity index (χ2v) is 21.9. The van der Waals surface area contributed by atoms with Crippen LogP contribution < -0.4 is 4.74 Å². The van der Waals surface area contributed by atoms with Crippen molar-refractivity contribution in [3.05, 3.63) is 65.2 Å². The first-order chi connectivity index (χ1) is 14.9. The van der Waals surface area contributed by atoms with Crippen LogP contribution in [0.3, 0.4) is 0 Å². The summed E-state index contributed by atoms with van der Waals surface area (Å²) in [6.07, 6.45) is 0. The Morgan fingerprint density at radius 3 is 1.69 bits per heavy atom. The fourth-order valence-electron chi connectivity index (χ4n) is 3.08. The molecule has 0 aliphatic rings. The van der Waals surface area contributed by atoms with Crippen LogP contribution in [0.2, 0.25) is 39.3 Å². The van der Waals surface area contributed by atoms with Gasteiger partial charge in [0.2, 0.25) is 0 Å². The number of rotatable bonds is 3. The van der Waals surface area contributed by atoms with Crippen LogP contribution >= 0.6 is 0 Å². The van der Waals surface area contributed by atoms with Crippen molar-refractivity contribution >= 4 is 30.7 Å². The number of aryl methyl sites for hydroxylation is 1. The molecule has 1 heterocycles. The van der Waals surface area contributed by atoms with Gasteiger partial charge >= 0.3 is 203 Å². The van der Waals surface area contributed by atoms with Gasteiger partial charge in [-0.15, -0.1) is 0 Å². The van der Waals surface area contributed by atoms with Gasteiger partial charge in [0, 0.05) is 0 Å². The molecule has 0 radical (unpaired) electrons. The molecular weight excluding hydrogens is 487 g/mol. The van der Waals surface area contributed by atoms with Crippen molar-refractivity contribution in [2.75, 3.05) is 7.11 Å². The van der Waals surface area contributed by atoms with Crippen LogP contribution in [-0.2, 0) is 0 Å². The molecule has 32 heavy (non-hydrogen) atoms. The van der Waals surface area contributed by atoms with Crippen LogP contribution in [0, 0.1) is 29.9 Å². The molecule has 0 bridgehead atoms. The average molecular weight is 520 g/mol. The first kappa shape index (κ1) is 24.4. The Balaban J connectivity index is 2.09. The van der Waals surface area contributed by atoms with Crippen LogP contribution in [0.4, 0.5) is 0 Å². The molecule has 3 rings (SSSR count). The van der Waals surface area contributed by atoms with E-state index in [1.165, 1.54) is 25.6 Å². The Labute approximate surface area is 202 Å². The zero-order valence-corrected chi connectivity index (χ0v) is 24.1. The van der Waals surface area contributed by atoms with Gasteiger partial charge in [0.05, 0.1) is 0 Å². The van der Waals surface area contributed by atoms with Crippen LogP contribution in [-0.4, -0.2) is 37.8 Å². The van der Waals surface area contributed by atoms with E-state index in [-0.39, 0.29) is 14.5 Å². The molecule has 3 aromatic rings. The van der Waals surface area contributed by atoms with E-state index in [0.717, 1.165) is 16.9 Å². The maximum absolute atomic E-state index is 5.48. The molecule has 0 saturated heterocycles. The quantitative estimate of drug-likeness (QED) is 0.272. The zero-order chi connectivity index (χ0) is 23.5. The second kappa shape index (κ2) is 9.74. The summed E-state index contributed by atoms with van der Waals surface area (Å²) < 4.78 is 8.22. The molecule has 1 nitrogen and oxygen atoms in total. The Kier molecular flexibility index (Phi) is 7.44. The third kappa shape index (κ3) is 6.65. The zero-order valence-electron chi connectivity index (χ0n) is 20.4. The number of hydrogen-bond donors (Lipinski definition) is 0. The van der Waals surface area contributed by atoms with Gasteiger partial charge in [0.25, 0.3) is 0 Å². The molecule has 0 amide bonds. The van der Waals surface area contributed by atoms with Crippen LogP contribution in [0.1, 0.15) is 16.7 Å². The van der Waals surface area contributed by atoms with Crippen molar-refractivity contribution in [2.45, 2.75) is 46.2 Å². The first-order valence-corrected chi connectivity index (χ1v) is 19.6. The van der Waals surface area contributed by atoms with Gasteiger partial charge in [-0.1, -0.05) is 0 Å². The molecule has 0 saturated carbocycles. The fourth-order valence-corrected chi connectivity index (χ4v) is 6.38. The topological polar surface area (TPSA) is 9.23 Å². The predicted molar refractivity (Wildman–Crippen MR) is 146 cm³/mol. The van der Waals surface area contributed by atoms with E-state index in [4.69, 9.17) is 4.74 Å². The van der Waals surface area contributed by atoms with Crippen molar-refractivity contribution in [3.8, 4) is 48.7 Å². The van der Waals surface area contributed by atoms with Crippen molar-refractivity contribution in [1.29, 1.82) is 0 Å². The van der Waals surface area contributed by atoms with E-state index < -0.39 is 16.1 Å². The molecule has 2 aromatic carbocycles. The number of hydrogen-bond acceptors (Lipinski definition) is 1. The van der Waals surface area contributed by atoms with Gasteiger partial charge in [0.15, 0.2) is 0 Å². The second-order valence-electron chi connectivity index (χ2n) is 10.1. The molecule has 0 N–H and O–H groups in total. The Morgan fingerprint density at radius 1 is 0.688 bits per heavy atom. The molecule has 0 atom stereocenters. The Bertz CT molecular complexity index is 1250. The third-order valence-corrected chi connectivity index (χ3v) is 8.85. The fraction of sp³-hybridized carbons (Fsp3) is 0.286. The number of benzene rings is 2. The SMILES string of the molecule is COc1ccc(-c2ccc(-c3ccc(C)cc3C#C[Si](C)(C)C)[se]2)c(C#C[Si](C)(C)C)c1. The molecule has 0 fully saturated rings. The van der Waals surface area contributed by atoms with E-state index in [9.17, 15) is 0 Å². The van der Waals surface area contributed by atoms with E-state index in [1.54, 1.807) is 7.11 Å². The summed E-state index contributed by atoms with van der Waals surface area (Å²) in [7, 11) is -1.20. The van der Waals surface area contributed by atoms with Gasteiger partial charge in [-0.05, 0) is 0 Å². The molecule has 164 valence electrons. The van der Waals surface area contributed by atoms with E-state index >= 15 is 0 Å². The molecule has 4 heteroatoms. The summed E-state index contributed by atoms with van der Waals surface area (Å²) in [5.41, 5.74) is 13.1. The predicted octanol–water partition coefficient (Wildman–Crippen LogP) is 6.85. The number of methoxy groups -OCH3 is 1. The molecule has 0 spiro atoms. The summed E-state index contributed by atoms with van der Waals surface area (Å²) in [6.45, 7) is 15.8. The van der Waals surface area contributed by atoms with E-state index in [1.807, 2.05) is 6.07 Å². The summed E-state index contributed by atoms with van der Waals surface area (Å²) in [5, 5.41) is 0. The van der Waals surface area contributed by atoms with Gasteiger partial charge in [0.1, 0.15) is 0 Å². The Hall–Kier alpha value is -2.21. The summed E-state index contributed by atoms with van der Waals surface area (Å²) in [6, 6.07) is 17.5. The van der Waals surface area contributed by atoms with Gasteiger partial charge in [-0.3, -0.25) is 0 Å². The van der Waals surface area contributed by atoms with E-state index in [2.05, 4.69) is 112 Å². The van der Waals surface area contributed by atoms with Crippen LogP contribution in [0.15, 0.2) is 48.5 Å². The maximum atomic E-state index is 5.48. The normalized spacial score (nSPS) is 11.2. The van der Waals surface area contributed by atoms with Crippen molar-refractivity contribution in [1.82, 2.24) is 0 Å². The third-order valence-electron chi connectivity index (χ3n) is 4.68. The monoisotopic (exact) mass is 520 g/mol. The van der Waals surface area contributed by atoms with E-state index in [0.29, 0.717) is 0 Å². The minimum absolute atomic E-state index is 0.203. The molecule has 0 aliphatic heterocycles. The van der Waals surface area contributed by atoms with Crippen molar-refractivity contribution < 1.29 is 4.74 Å². The molecular formula is C28H32OSeSi2. The first-order valence-electron chi connectivity index (χ1n) is 10.9. The van der Waals surface area contributed by atoms with Crippen molar-refractivity contribution in [2.24, 2.45) is 0 Å². The van der Waals surface area contributed by atoms with Gasteiger partial charge in [-0.2, -0.15) is 0 Å². The van der Waals surface area contributed by atoms with Crippen LogP contribution in [0.25, 0.3) is 20.0 Å². The summed E-state index contributed by atoms with van der Waals surface area (Å²) in [4.78, 5) is 0. The molecule has 0 aliphatic carbocycles. The van der Waals surface area contributed by atoms with Crippen LogP contribution in [0.5, 0.6) is 5.75 Å². The molecule has 1 aromatic heterocycles. The van der Waals surface area contributed by atoms with Gasteiger partial charge < -0.3 is 0 Å². The van der Waals surface area contributed by atoms with Crippen molar-refractivity contribution in [3.63, 3.8) is 0 Å². The average Bonchev–Trinajstić information content (AvgIpc) is 3.19. The summed E-state index contributed by atoms with van der Waals surface area (Å²) >= 11 is 0.203. The van der Waals surface area contributed by atoms with Gasteiger partial charge in [-0.25, -0.2) is 0 Å². The number of ether oxygens (including phenoxy) is 1. The standard InChI is InChI=1S/C28H32OSeSi2/c1-21-9-11-25(22(19-21)15-17-31(3,4)5)27-13-14-28(30-27)26-12-10-24(29-2)20-23(26)16-18-32(6,7)8/h9-14,19-20H,1-8H3. The minimum atomic E-state index is -1.48. The summed E-state index contributed by atoms with van der Waals surface area (Å²) in [5.74, 6) is 7.84.